The third-order valence-corrected chi connectivity index (χ3v) is 2.51. The summed E-state index contributed by atoms with van der Waals surface area (Å²) in [5, 5.41) is 22.4. The monoisotopic (exact) mass is 294 g/mol. The number of nitro groups is 1. The molecule has 21 heavy (non-hydrogen) atoms. The number of hydrogen-bond donors (Lipinski definition) is 2. The lowest BCUT2D eigenvalue weighted by Gasteiger charge is -2.15. The Morgan fingerprint density at radius 1 is 1.57 bits per heavy atom. The molecule has 112 valence electrons. The number of para-hydroxylation sites is 1. The number of rotatable bonds is 7. The molecule has 1 aromatic rings. The minimum atomic E-state index is -1.38. The van der Waals surface area contributed by atoms with Crippen LogP contribution in [0, 0.1) is 10.1 Å². The Morgan fingerprint density at radius 2 is 2.24 bits per heavy atom. The average Bonchev–Trinajstić information content (AvgIpc) is 2.44. The van der Waals surface area contributed by atoms with Gasteiger partial charge >= 0.3 is 11.7 Å². The molecule has 0 saturated carbocycles. The lowest BCUT2D eigenvalue weighted by molar-refractivity contribution is -0.386. The first-order chi connectivity index (χ1) is 9.88. The van der Waals surface area contributed by atoms with E-state index in [9.17, 15) is 19.7 Å². The molecule has 1 unspecified atom stereocenters. The number of nitrogens with zero attached hydrogens (tertiary/aromatic N) is 1. The second-order valence-electron chi connectivity index (χ2n) is 4.01. The van der Waals surface area contributed by atoms with Gasteiger partial charge in [-0.3, -0.25) is 14.9 Å². The number of carboxylic acid groups (broad SMARTS) is 1. The summed E-state index contributed by atoms with van der Waals surface area (Å²) >= 11 is 0. The van der Waals surface area contributed by atoms with Gasteiger partial charge in [0.2, 0.25) is 5.75 Å². The number of ether oxygens (including phenoxy) is 1. The van der Waals surface area contributed by atoms with Crippen LogP contribution in [0.1, 0.15) is 17.3 Å². The van der Waals surface area contributed by atoms with Crippen molar-refractivity contribution in [1.29, 1.82) is 0 Å². The van der Waals surface area contributed by atoms with Crippen molar-refractivity contribution in [1.82, 2.24) is 5.32 Å². The topological polar surface area (TPSA) is 119 Å². The van der Waals surface area contributed by atoms with Crippen LogP contribution in [-0.2, 0) is 4.79 Å². The number of hydrogen-bond acceptors (Lipinski definition) is 5. The maximum absolute atomic E-state index is 11.7. The SMILES string of the molecule is C=CCNC(=O)C(C)Oc1c(C(=O)O)cccc1[N+](=O)[O-]. The first-order valence-electron chi connectivity index (χ1n) is 5.94. The standard InChI is InChI=1S/C13H14N2O6/c1-3-7-14-12(16)8(2)21-11-9(13(17)18)5-4-6-10(11)15(19)20/h3-6,8H,1,7H2,2H3,(H,14,16)(H,17,18). The number of carboxylic acids is 1. The van der Waals surface area contributed by atoms with Crippen LogP contribution in [0.25, 0.3) is 0 Å². The number of amides is 1. The normalized spacial score (nSPS) is 11.3. The van der Waals surface area contributed by atoms with Gasteiger partial charge in [0.1, 0.15) is 5.56 Å². The van der Waals surface area contributed by atoms with Crippen LogP contribution in [0.4, 0.5) is 5.69 Å². The van der Waals surface area contributed by atoms with Gasteiger partial charge in [-0.2, -0.15) is 0 Å². The van der Waals surface area contributed by atoms with Gasteiger partial charge in [0.15, 0.2) is 6.10 Å². The van der Waals surface area contributed by atoms with Gasteiger partial charge in [0.25, 0.3) is 5.91 Å². The lowest BCUT2D eigenvalue weighted by Crippen LogP contribution is -2.36. The first-order valence-corrected chi connectivity index (χ1v) is 5.94. The summed E-state index contributed by atoms with van der Waals surface area (Å²) in [5.41, 5.74) is -0.897. The molecule has 0 aliphatic carbocycles. The molecule has 0 aliphatic rings. The molecule has 1 atom stereocenters. The molecule has 0 saturated heterocycles. The maximum atomic E-state index is 11.7. The zero-order valence-electron chi connectivity index (χ0n) is 11.2. The highest BCUT2D eigenvalue weighted by Crippen LogP contribution is 2.31. The molecule has 2 N–H and O–H groups in total. The second-order valence-corrected chi connectivity index (χ2v) is 4.01. The summed E-state index contributed by atoms with van der Waals surface area (Å²) in [6.07, 6.45) is 0.363. The second kappa shape index (κ2) is 7.04. The van der Waals surface area contributed by atoms with Crippen LogP contribution in [0.15, 0.2) is 30.9 Å². The fourth-order valence-electron chi connectivity index (χ4n) is 1.51. The fourth-order valence-corrected chi connectivity index (χ4v) is 1.51. The van der Waals surface area contributed by atoms with Gasteiger partial charge in [-0.1, -0.05) is 12.1 Å². The molecule has 8 nitrogen and oxygen atoms in total. The molecule has 1 amide bonds. The van der Waals surface area contributed by atoms with E-state index in [0.717, 1.165) is 6.07 Å². The minimum absolute atomic E-state index is 0.204. The summed E-state index contributed by atoms with van der Waals surface area (Å²) < 4.78 is 5.19. The summed E-state index contributed by atoms with van der Waals surface area (Å²) in [5.74, 6) is -2.37. The van der Waals surface area contributed by atoms with E-state index in [0.29, 0.717) is 0 Å². The van der Waals surface area contributed by atoms with E-state index in [2.05, 4.69) is 11.9 Å². The Kier molecular flexibility index (Phi) is 5.41. The predicted octanol–water partition coefficient (Wildman–Crippen LogP) is 1.36. The van der Waals surface area contributed by atoms with E-state index in [1.54, 1.807) is 0 Å². The molecule has 0 aromatic heterocycles. The summed E-state index contributed by atoms with van der Waals surface area (Å²) in [7, 11) is 0. The van der Waals surface area contributed by atoms with Crippen LogP contribution in [0.5, 0.6) is 5.75 Å². The van der Waals surface area contributed by atoms with Gasteiger partial charge in [-0.15, -0.1) is 6.58 Å². The Labute approximate surface area is 120 Å². The van der Waals surface area contributed by atoms with Crippen molar-refractivity contribution in [2.75, 3.05) is 6.54 Å². The highest BCUT2D eigenvalue weighted by molar-refractivity contribution is 5.93. The molecule has 0 fully saturated rings. The van der Waals surface area contributed by atoms with Crippen molar-refractivity contribution in [2.45, 2.75) is 13.0 Å². The molecule has 0 heterocycles. The average molecular weight is 294 g/mol. The minimum Gasteiger partial charge on any atom is -0.478 e. The Hall–Kier alpha value is -2.90. The molecule has 0 bridgehead atoms. The van der Waals surface area contributed by atoms with Gasteiger partial charge in [-0.25, -0.2) is 4.79 Å². The van der Waals surface area contributed by atoms with E-state index >= 15 is 0 Å². The van der Waals surface area contributed by atoms with Crippen molar-refractivity contribution in [3.05, 3.63) is 46.5 Å². The van der Waals surface area contributed by atoms with Crippen LogP contribution < -0.4 is 10.1 Å². The molecular formula is C13H14N2O6. The molecule has 0 spiro atoms. The molecular weight excluding hydrogens is 280 g/mol. The fraction of sp³-hybridized carbons (Fsp3) is 0.231. The van der Waals surface area contributed by atoms with Crippen LogP contribution in [0.3, 0.4) is 0 Å². The number of carbonyl (C=O) groups excluding carboxylic acids is 1. The smallest absolute Gasteiger partial charge is 0.339 e. The number of nitro benzene ring substituents is 1. The van der Waals surface area contributed by atoms with E-state index in [-0.39, 0.29) is 12.1 Å². The molecule has 8 heteroatoms. The maximum Gasteiger partial charge on any atom is 0.339 e. The quantitative estimate of drug-likeness (QED) is 0.445. The first kappa shape index (κ1) is 16.2. The summed E-state index contributed by atoms with van der Waals surface area (Å²) in [6, 6.07) is 3.51. The van der Waals surface area contributed by atoms with Crippen molar-refractivity contribution in [3.63, 3.8) is 0 Å². The number of aromatic carboxylic acids is 1. The zero-order valence-corrected chi connectivity index (χ0v) is 11.2. The number of benzene rings is 1. The third kappa shape index (κ3) is 4.03. The van der Waals surface area contributed by atoms with Crippen molar-refractivity contribution in [3.8, 4) is 5.75 Å². The Bertz CT molecular complexity index is 552. The molecule has 1 rings (SSSR count). The molecule has 0 radical (unpaired) electrons. The van der Waals surface area contributed by atoms with Gasteiger partial charge in [-0.05, 0) is 13.0 Å². The number of nitrogens with one attached hydrogen (secondary N) is 1. The Balaban J connectivity index is 3.10. The van der Waals surface area contributed by atoms with Crippen LogP contribution >= 0.6 is 0 Å². The van der Waals surface area contributed by atoms with Gasteiger partial charge in [0.05, 0.1) is 4.92 Å². The predicted molar refractivity (Wildman–Crippen MR) is 73.4 cm³/mol. The number of carbonyl (C=O) groups is 2. The lowest BCUT2D eigenvalue weighted by atomic mass is 10.1. The van der Waals surface area contributed by atoms with E-state index in [1.807, 2.05) is 0 Å². The molecule has 0 aliphatic heterocycles. The largest absolute Gasteiger partial charge is 0.478 e. The summed E-state index contributed by atoms with van der Waals surface area (Å²) in [4.78, 5) is 32.9. The van der Waals surface area contributed by atoms with Crippen molar-refractivity contribution < 1.29 is 24.4 Å². The zero-order chi connectivity index (χ0) is 16.0. The van der Waals surface area contributed by atoms with Gasteiger partial charge in [0, 0.05) is 12.6 Å². The van der Waals surface area contributed by atoms with Gasteiger partial charge < -0.3 is 15.2 Å². The van der Waals surface area contributed by atoms with Crippen molar-refractivity contribution in [2.24, 2.45) is 0 Å². The highest BCUT2D eigenvalue weighted by Gasteiger charge is 2.26. The summed E-state index contributed by atoms with van der Waals surface area (Å²) in [6.45, 7) is 4.99. The van der Waals surface area contributed by atoms with E-state index in [1.165, 1.54) is 25.1 Å². The van der Waals surface area contributed by atoms with E-state index in [4.69, 9.17) is 9.84 Å². The van der Waals surface area contributed by atoms with Crippen molar-refractivity contribution >= 4 is 17.6 Å². The van der Waals surface area contributed by atoms with Crippen LogP contribution in [0.2, 0.25) is 0 Å². The molecule has 1 aromatic carbocycles. The van der Waals surface area contributed by atoms with Crippen LogP contribution in [-0.4, -0.2) is 34.6 Å². The Morgan fingerprint density at radius 3 is 2.76 bits per heavy atom. The third-order valence-electron chi connectivity index (χ3n) is 2.51. The van der Waals surface area contributed by atoms with E-state index < -0.39 is 34.3 Å². The highest BCUT2D eigenvalue weighted by atomic mass is 16.6.